The van der Waals surface area contributed by atoms with Gasteiger partial charge in [0.05, 0.1) is 31.7 Å². The zero-order valence-electron chi connectivity index (χ0n) is 55.4. The summed E-state index contributed by atoms with van der Waals surface area (Å²) in [5.41, 5.74) is 8.53. The van der Waals surface area contributed by atoms with E-state index in [0.717, 1.165) is 34.4 Å². The first kappa shape index (κ1) is 70.2. The molecular formula is C74H80N12O13. The number of nitrogens with zero attached hydrogens (tertiary/aromatic N) is 4. The van der Waals surface area contributed by atoms with Crippen molar-refractivity contribution in [2.45, 2.75) is 76.7 Å². The number of amides is 11. The van der Waals surface area contributed by atoms with E-state index in [4.69, 9.17) is 14.2 Å². The molecule has 1 aliphatic carbocycles. The smallest absolute Gasteiger partial charge is 0.415 e. The number of hydrogen-bond acceptors (Lipinski definition) is 14. The summed E-state index contributed by atoms with van der Waals surface area (Å²) in [6.45, 7) is 6.03. The molecule has 1 fully saturated rings. The zero-order chi connectivity index (χ0) is 70.0. The Labute approximate surface area is 573 Å². The van der Waals surface area contributed by atoms with Crippen molar-refractivity contribution in [3.63, 3.8) is 0 Å². The van der Waals surface area contributed by atoms with Crippen LogP contribution in [0.2, 0.25) is 0 Å². The monoisotopic (exact) mass is 1340 g/mol. The number of piperazine rings is 1. The van der Waals surface area contributed by atoms with Crippen molar-refractivity contribution in [3.05, 3.63) is 204 Å². The Hall–Kier alpha value is -11.6. The second kappa shape index (κ2) is 33.4. The highest BCUT2D eigenvalue weighted by Gasteiger charge is 2.39. The number of hydrogen-bond donors (Lipinski definition) is 8. The second-order valence-corrected chi connectivity index (χ2v) is 24.2. The van der Waals surface area contributed by atoms with Crippen molar-refractivity contribution in [2.75, 3.05) is 91.8 Å². The van der Waals surface area contributed by atoms with Gasteiger partial charge in [-0.2, -0.15) is 0 Å². The van der Waals surface area contributed by atoms with Gasteiger partial charge in [0, 0.05) is 79.9 Å². The number of rotatable bonds is 26. The third kappa shape index (κ3) is 18.5. The van der Waals surface area contributed by atoms with E-state index in [1.165, 1.54) is 4.90 Å². The van der Waals surface area contributed by atoms with E-state index in [0.29, 0.717) is 71.4 Å². The van der Waals surface area contributed by atoms with Crippen LogP contribution in [-0.2, 0) is 56.1 Å². The number of urea groups is 1. The van der Waals surface area contributed by atoms with E-state index in [1.807, 2.05) is 86.6 Å². The van der Waals surface area contributed by atoms with E-state index >= 15 is 0 Å². The van der Waals surface area contributed by atoms with Crippen LogP contribution in [0.3, 0.4) is 0 Å². The van der Waals surface area contributed by atoms with Gasteiger partial charge in [0.15, 0.2) is 0 Å². The molecule has 25 nitrogen and oxygen atoms in total. The molecule has 514 valence electrons. The fourth-order valence-corrected chi connectivity index (χ4v) is 12.3. The van der Waals surface area contributed by atoms with Gasteiger partial charge in [-0.05, 0) is 126 Å². The van der Waals surface area contributed by atoms with E-state index in [2.05, 4.69) is 47.4 Å². The number of carbonyl (C=O) groups excluding carboxylic acids is 10. The first-order chi connectivity index (χ1) is 47.9. The van der Waals surface area contributed by atoms with Crippen molar-refractivity contribution in [3.8, 4) is 16.9 Å². The molecule has 7 aromatic rings. The molecule has 1 saturated heterocycles. The van der Waals surface area contributed by atoms with Gasteiger partial charge < -0.3 is 66.5 Å². The minimum Gasteiger partial charge on any atom is -0.492 e. The number of anilines is 5. The number of carbonyl (C=O) groups is 10. The molecule has 7 aromatic carbocycles. The van der Waals surface area contributed by atoms with Gasteiger partial charge in [0.1, 0.15) is 38.2 Å². The first-order valence-corrected chi connectivity index (χ1v) is 32.8. The van der Waals surface area contributed by atoms with Gasteiger partial charge in [-0.15, -0.1) is 0 Å². The molecule has 0 spiro atoms. The maximum absolute atomic E-state index is 14.6. The molecule has 0 radical (unpaired) electrons. The fraction of sp³-hybridized carbons (Fsp3) is 0.297. The minimum absolute atomic E-state index is 0.0512. The molecule has 0 aromatic heterocycles. The van der Waals surface area contributed by atoms with E-state index in [-0.39, 0.29) is 62.4 Å². The standard InChI is InChI=1S/C74H80N12O13/c1-5-69(91)85-47(2)39-64(60-21-13-14-22-63(60)85)86(54-31-27-52(28-32-54)80-67(89)44-77-72(94)81-53-29-33-55(34-30-53)97-38-37-84-36-35-83(4)71(93)48(84)3)74(96)99-45-50-23-25-51(26-24-50)79-66(88)43-76-70(92)62(40-49-15-7-6-8-16-49)82-68(90)42-75-65(87)41-78-73(95)98-46-61-58-19-11-9-17-56(58)57-18-10-12-20-59(57)61/h6-34,47-48,61-62,64H,5,35-46H2,1-4H3,(H,75,87)(H,76,92)(H,78,95)(H,79,88)(H,80,89)(H,82,90)(H2,77,81,94)/t47-,48+,62-,64+/m0/s1. The van der Waals surface area contributed by atoms with Gasteiger partial charge in [-0.1, -0.05) is 116 Å². The highest BCUT2D eigenvalue weighted by molar-refractivity contribution is 6.00. The third-order valence-corrected chi connectivity index (χ3v) is 17.4. The number of nitrogens with one attached hydrogen (secondary N) is 8. The Morgan fingerprint density at radius 2 is 1.15 bits per heavy atom. The van der Waals surface area contributed by atoms with Gasteiger partial charge in [0.25, 0.3) is 0 Å². The molecule has 0 unspecified atom stereocenters. The Kier molecular flexibility index (Phi) is 23.7. The summed E-state index contributed by atoms with van der Waals surface area (Å²) in [6, 6.07) is 49.1. The SMILES string of the molecule is CCC(=O)N1c2ccccc2[C@H](N(C(=O)OCc2ccc(NC(=O)CNC(=O)[C@H](Cc3ccccc3)NC(=O)CNC(=O)CNC(=O)OCC3c4ccccc4-c4ccccc43)cc2)c2ccc(NC(=O)CNC(=O)Nc3ccc(OCCN4CCN(C)C(=O)[C@H]4C)cc3)cc2)C[C@@H]1C. The fourth-order valence-electron chi connectivity index (χ4n) is 12.3. The molecule has 0 saturated carbocycles. The van der Waals surface area contributed by atoms with Crippen LogP contribution in [0.1, 0.15) is 73.4 Å². The number of likely N-dealkylation sites (N-methyl/N-ethyl adjacent to an activating group) is 1. The first-order valence-electron chi connectivity index (χ1n) is 32.8. The number of benzene rings is 7. The Bertz CT molecular complexity index is 4020. The summed E-state index contributed by atoms with van der Waals surface area (Å²) in [6.07, 6.45) is -0.828. The Balaban J connectivity index is 0.690. The molecule has 0 bridgehead atoms. The Morgan fingerprint density at radius 1 is 0.576 bits per heavy atom. The van der Waals surface area contributed by atoms with Crippen LogP contribution in [0, 0.1) is 0 Å². The van der Waals surface area contributed by atoms with Crippen LogP contribution >= 0.6 is 0 Å². The molecule has 8 N–H and O–H groups in total. The predicted molar refractivity (Wildman–Crippen MR) is 373 cm³/mol. The van der Waals surface area contributed by atoms with E-state index < -0.39 is 79.5 Å². The van der Waals surface area contributed by atoms with Crippen LogP contribution in [0.25, 0.3) is 11.1 Å². The summed E-state index contributed by atoms with van der Waals surface area (Å²) in [5.74, 6) is -2.71. The van der Waals surface area contributed by atoms with Crippen LogP contribution in [0.5, 0.6) is 5.75 Å². The average molecular weight is 1350 g/mol. The van der Waals surface area contributed by atoms with Gasteiger partial charge in [-0.25, -0.2) is 14.4 Å². The zero-order valence-corrected chi connectivity index (χ0v) is 55.4. The number of alkyl carbamates (subject to hydrolysis) is 1. The summed E-state index contributed by atoms with van der Waals surface area (Å²) >= 11 is 0. The topological polar surface area (TPSA) is 308 Å². The quantitative estimate of drug-likeness (QED) is 0.0256. The molecule has 11 amide bonds. The van der Waals surface area contributed by atoms with Gasteiger partial charge >= 0.3 is 18.2 Å². The number of para-hydroxylation sites is 1. The molecule has 10 rings (SSSR count). The van der Waals surface area contributed by atoms with E-state index in [9.17, 15) is 47.9 Å². The summed E-state index contributed by atoms with van der Waals surface area (Å²) in [4.78, 5) is 139. The van der Waals surface area contributed by atoms with Crippen LogP contribution in [0.4, 0.5) is 42.8 Å². The van der Waals surface area contributed by atoms with Crippen molar-refractivity contribution in [1.29, 1.82) is 0 Å². The minimum atomic E-state index is -1.15. The van der Waals surface area contributed by atoms with Crippen LogP contribution < -0.4 is 57.1 Å². The van der Waals surface area contributed by atoms with Crippen molar-refractivity contribution in [1.82, 2.24) is 36.4 Å². The lowest BCUT2D eigenvalue weighted by atomic mass is 9.90. The lowest BCUT2D eigenvalue weighted by Gasteiger charge is -2.43. The maximum atomic E-state index is 14.6. The summed E-state index contributed by atoms with van der Waals surface area (Å²) < 4.78 is 17.4. The highest BCUT2D eigenvalue weighted by atomic mass is 16.6. The molecule has 99 heavy (non-hydrogen) atoms. The molecule has 25 heteroatoms. The third-order valence-electron chi connectivity index (χ3n) is 17.4. The lowest BCUT2D eigenvalue weighted by molar-refractivity contribution is -0.139. The van der Waals surface area contributed by atoms with Crippen molar-refractivity contribution >= 4 is 88.0 Å². The van der Waals surface area contributed by atoms with Crippen LogP contribution in [-0.4, -0.2) is 154 Å². The van der Waals surface area contributed by atoms with Gasteiger partial charge in [0.2, 0.25) is 41.4 Å². The average Bonchev–Trinajstić information content (AvgIpc) is 1.52. The molecule has 4 atom stereocenters. The summed E-state index contributed by atoms with van der Waals surface area (Å²) in [5, 5.41) is 20.9. The number of fused-ring (bicyclic) bond motifs is 4. The van der Waals surface area contributed by atoms with Crippen molar-refractivity contribution in [2.24, 2.45) is 0 Å². The second-order valence-electron chi connectivity index (χ2n) is 24.2. The van der Waals surface area contributed by atoms with Crippen molar-refractivity contribution < 1.29 is 62.2 Å². The van der Waals surface area contributed by atoms with Gasteiger partial charge in [-0.3, -0.25) is 43.4 Å². The lowest BCUT2D eigenvalue weighted by Crippen LogP contribution is -2.55. The maximum Gasteiger partial charge on any atom is 0.415 e. The molecule has 3 aliphatic rings. The normalized spacial score (nSPS) is 15.7. The van der Waals surface area contributed by atoms with Crippen LogP contribution in [0.15, 0.2) is 176 Å². The Morgan fingerprint density at radius 3 is 1.82 bits per heavy atom. The number of ether oxygens (including phenoxy) is 3. The molecular weight excluding hydrogens is 1260 g/mol. The molecule has 2 heterocycles. The molecule has 2 aliphatic heterocycles. The van der Waals surface area contributed by atoms with E-state index in [1.54, 1.807) is 127 Å². The summed E-state index contributed by atoms with van der Waals surface area (Å²) in [7, 11) is 1.80. The highest BCUT2D eigenvalue weighted by Crippen LogP contribution is 2.45. The largest absolute Gasteiger partial charge is 0.492 e. The predicted octanol–water partition coefficient (Wildman–Crippen LogP) is 7.84.